The van der Waals surface area contributed by atoms with E-state index >= 15 is 0 Å². The Morgan fingerprint density at radius 3 is 2.79 bits per heavy atom. The first kappa shape index (κ1) is 13.1. The lowest BCUT2D eigenvalue weighted by atomic mass is 10.2. The zero-order valence-corrected chi connectivity index (χ0v) is 10.7. The van der Waals surface area contributed by atoms with E-state index in [1.165, 1.54) is 6.08 Å². The summed E-state index contributed by atoms with van der Waals surface area (Å²) in [7, 11) is 0. The van der Waals surface area contributed by atoms with Crippen LogP contribution in [-0.4, -0.2) is 30.1 Å². The van der Waals surface area contributed by atoms with Crippen molar-refractivity contribution in [3.63, 3.8) is 0 Å². The lowest BCUT2D eigenvalue weighted by Gasteiger charge is -2.09. The van der Waals surface area contributed by atoms with E-state index in [1.807, 2.05) is 30.3 Å². The topological polar surface area (TPSA) is 55.8 Å². The van der Waals surface area contributed by atoms with Crippen LogP contribution in [0.15, 0.2) is 42.2 Å². The predicted molar refractivity (Wildman–Crippen MR) is 68.0 cm³/mol. The zero-order chi connectivity index (χ0) is 13.7. The Bertz CT molecular complexity index is 495. The molecule has 19 heavy (non-hydrogen) atoms. The first-order valence-electron chi connectivity index (χ1n) is 6.00. The Balaban J connectivity index is 1.88. The molecule has 2 amide bonds. The average molecular weight is 261 g/mol. The van der Waals surface area contributed by atoms with Crippen molar-refractivity contribution >= 4 is 12.0 Å². The molecule has 1 fully saturated rings. The van der Waals surface area contributed by atoms with Gasteiger partial charge in [0, 0.05) is 6.08 Å². The van der Waals surface area contributed by atoms with Crippen molar-refractivity contribution in [1.82, 2.24) is 4.90 Å². The molecule has 1 aliphatic heterocycles. The van der Waals surface area contributed by atoms with Crippen LogP contribution >= 0.6 is 0 Å². The number of allylic oxidation sites excluding steroid dienone is 1. The van der Waals surface area contributed by atoms with Crippen LogP contribution in [0.5, 0.6) is 0 Å². The molecule has 1 aromatic carbocycles. The van der Waals surface area contributed by atoms with Gasteiger partial charge in [-0.1, -0.05) is 30.3 Å². The highest BCUT2D eigenvalue weighted by Crippen LogP contribution is 2.08. The van der Waals surface area contributed by atoms with E-state index < -0.39 is 12.0 Å². The SMILES string of the molecule is C/C(=C\C(=O)N1CCOC1=O)OCc1ccccc1. The van der Waals surface area contributed by atoms with E-state index in [4.69, 9.17) is 9.47 Å². The number of rotatable bonds is 4. The van der Waals surface area contributed by atoms with Gasteiger partial charge in [0.05, 0.1) is 12.3 Å². The Morgan fingerprint density at radius 1 is 1.42 bits per heavy atom. The molecular weight excluding hydrogens is 246 g/mol. The number of cyclic esters (lactones) is 1. The van der Waals surface area contributed by atoms with Gasteiger partial charge < -0.3 is 9.47 Å². The number of ether oxygens (including phenoxy) is 2. The molecule has 1 heterocycles. The largest absolute Gasteiger partial charge is 0.493 e. The van der Waals surface area contributed by atoms with Gasteiger partial charge in [-0.15, -0.1) is 0 Å². The maximum atomic E-state index is 11.7. The number of amides is 2. The third kappa shape index (κ3) is 3.58. The second-order valence-electron chi connectivity index (χ2n) is 4.13. The minimum Gasteiger partial charge on any atom is -0.493 e. The second kappa shape index (κ2) is 6.04. The van der Waals surface area contributed by atoms with E-state index in [0.29, 0.717) is 18.9 Å². The number of nitrogens with zero attached hydrogens (tertiary/aromatic N) is 1. The summed E-state index contributed by atoms with van der Waals surface area (Å²) in [5, 5.41) is 0. The van der Waals surface area contributed by atoms with Crippen LogP contribution in [0, 0.1) is 0 Å². The van der Waals surface area contributed by atoms with Crippen LogP contribution in [0.4, 0.5) is 4.79 Å². The number of imide groups is 1. The summed E-state index contributed by atoms with van der Waals surface area (Å²) in [5.41, 5.74) is 1.02. The number of carbonyl (C=O) groups excluding carboxylic acids is 2. The Labute approximate surface area is 111 Å². The molecule has 5 nitrogen and oxygen atoms in total. The summed E-state index contributed by atoms with van der Waals surface area (Å²) in [6.07, 6.45) is 0.701. The van der Waals surface area contributed by atoms with Gasteiger partial charge in [-0.2, -0.15) is 0 Å². The van der Waals surface area contributed by atoms with Crippen LogP contribution in [0.2, 0.25) is 0 Å². The van der Waals surface area contributed by atoms with Gasteiger partial charge in [-0.25, -0.2) is 9.69 Å². The van der Waals surface area contributed by atoms with Gasteiger partial charge in [0.15, 0.2) is 0 Å². The van der Waals surface area contributed by atoms with Crippen LogP contribution in [-0.2, 0) is 20.9 Å². The van der Waals surface area contributed by atoms with E-state index in [1.54, 1.807) is 6.92 Å². The van der Waals surface area contributed by atoms with E-state index in [9.17, 15) is 9.59 Å². The Hall–Kier alpha value is -2.30. The summed E-state index contributed by atoms with van der Waals surface area (Å²) >= 11 is 0. The fraction of sp³-hybridized carbons (Fsp3) is 0.286. The molecule has 1 aliphatic rings. The van der Waals surface area contributed by atoms with Gasteiger partial charge in [0.2, 0.25) is 0 Å². The standard InChI is InChI=1S/C14H15NO4/c1-11(19-10-12-5-3-2-4-6-12)9-13(16)15-7-8-18-14(15)17/h2-6,9H,7-8,10H2,1H3/b11-9+. The average Bonchev–Trinajstić information content (AvgIpc) is 2.84. The summed E-state index contributed by atoms with van der Waals surface area (Å²) in [4.78, 5) is 24.0. The molecular formula is C14H15NO4. The van der Waals surface area contributed by atoms with Crippen molar-refractivity contribution in [3.05, 3.63) is 47.7 Å². The van der Waals surface area contributed by atoms with Crippen molar-refractivity contribution in [3.8, 4) is 0 Å². The van der Waals surface area contributed by atoms with Crippen LogP contribution in [0.1, 0.15) is 12.5 Å². The first-order chi connectivity index (χ1) is 9.16. The highest BCUT2D eigenvalue weighted by molar-refractivity contribution is 5.99. The molecule has 0 radical (unpaired) electrons. The number of carbonyl (C=O) groups is 2. The van der Waals surface area contributed by atoms with E-state index in [0.717, 1.165) is 10.5 Å². The number of benzene rings is 1. The molecule has 0 spiro atoms. The molecule has 0 atom stereocenters. The normalized spacial score (nSPS) is 15.3. The molecule has 100 valence electrons. The molecule has 1 saturated heterocycles. The van der Waals surface area contributed by atoms with Gasteiger partial charge >= 0.3 is 6.09 Å². The Kier molecular flexibility index (Phi) is 4.18. The molecule has 1 aromatic rings. The molecule has 0 aliphatic carbocycles. The van der Waals surface area contributed by atoms with Gasteiger partial charge in [0.1, 0.15) is 13.2 Å². The molecule has 0 N–H and O–H groups in total. The lowest BCUT2D eigenvalue weighted by molar-refractivity contribution is -0.123. The Morgan fingerprint density at radius 2 is 2.16 bits per heavy atom. The van der Waals surface area contributed by atoms with Crippen molar-refractivity contribution in [2.75, 3.05) is 13.2 Å². The highest BCUT2D eigenvalue weighted by Gasteiger charge is 2.27. The molecule has 0 saturated carbocycles. The van der Waals surface area contributed by atoms with Gasteiger partial charge in [0.25, 0.3) is 5.91 Å². The third-order valence-electron chi connectivity index (χ3n) is 2.66. The lowest BCUT2D eigenvalue weighted by Crippen LogP contribution is -2.30. The summed E-state index contributed by atoms with van der Waals surface area (Å²) in [6, 6.07) is 9.64. The van der Waals surface area contributed by atoms with Crippen LogP contribution < -0.4 is 0 Å². The first-order valence-corrected chi connectivity index (χ1v) is 6.00. The van der Waals surface area contributed by atoms with Crippen molar-refractivity contribution in [2.45, 2.75) is 13.5 Å². The third-order valence-corrected chi connectivity index (χ3v) is 2.66. The number of hydrogen-bond donors (Lipinski definition) is 0. The molecule has 0 unspecified atom stereocenters. The fourth-order valence-corrected chi connectivity index (χ4v) is 1.66. The monoisotopic (exact) mass is 261 g/mol. The number of hydrogen-bond acceptors (Lipinski definition) is 4. The molecule has 0 aromatic heterocycles. The van der Waals surface area contributed by atoms with Gasteiger partial charge in [-0.05, 0) is 12.5 Å². The zero-order valence-electron chi connectivity index (χ0n) is 10.7. The minimum atomic E-state index is -0.600. The molecule has 2 rings (SSSR count). The summed E-state index contributed by atoms with van der Waals surface area (Å²) < 4.78 is 10.1. The van der Waals surface area contributed by atoms with E-state index in [2.05, 4.69) is 0 Å². The fourth-order valence-electron chi connectivity index (χ4n) is 1.66. The minimum absolute atomic E-state index is 0.252. The van der Waals surface area contributed by atoms with Gasteiger partial charge in [-0.3, -0.25) is 4.79 Å². The maximum Gasteiger partial charge on any atom is 0.416 e. The summed E-state index contributed by atoms with van der Waals surface area (Å²) in [6.45, 7) is 2.62. The smallest absolute Gasteiger partial charge is 0.416 e. The van der Waals surface area contributed by atoms with Crippen LogP contribution in [0.25, 0.3) is 0 Å². The van der Waals surface area contributed by atoms with Crippen molar-refractivity contribution < 1.29 is 19.1 Å². The highest BCUT2D eigenvalue weighted by atomic mass is 16.6. The maximum absolute atomic E-state index is 11.7. The molecule has 0 bridgehead atoms. The van der Waals surface area contributed by atoms with Crippen LogP contribution in [0.3, 0.4) is 0 Å². The molecule has 5 heteroatoms. The summed E-state index contributed by atoms with van der Waals surface area (Å²) in [5.74, 6) is 0.0571. The van der Waals surface area contributed by atoms with E-state index in [-0.39, 0.29) is 6.61 Å². The second-order valence-corrected chi connectivity index (χ2v) is 4.13. The van der Waals surface area contributed by atoms with Crippen molar-refractivity contribution in [2.24, 2.45) is 0 Å². The predicted octanol–water partition coefficient (Wildman–Crippen LogP) is 2.09. The quantitative estimate of drug-likeness (QED) is 0.615. The van der Waals surface area contributed by atoms with Crippen molar-refractivity contribution in [1.29, 1.82) is 0 Å².